The van der Waals surface area contributed by atoms with Gasteiger partial charge in [-0.2, -0.15) is 0 Å². The lowest BCUT2D eigenvalue weighted by Gasteiger charge is -2.28. The number of fused-ring (bicyclic) bond motifs is 1. The van der Waals surface area contributed by atoms with Crippen LogP contribution in [0.3, 0.4) is 0 Å². The van der Waals surface area contributed by atoms with Crippen LogP contribution in [0, 0.1) is 5.82 Å². The van der Waals surface area contributed by atoms with Gasteiger partial charge in [-0.1, -0.05) is 6.08 Å². The van der Waals surface area contributed by atoms with E-state index >= 15 is 0 Å². The first kappa shape index (κ1) is 16.6. The lowest BCUT2D eigenvalue weighted by atomic mass is 10.1. The Morgan fingerprint density at radius 3 is 2.84 bits per heavy atom. The number of Topliss-reactive ketones (excluding diaryl/α,β-unsaturated/α-hetero) is 1. The van der Waals surface area contributed by atoms with Gasteiger partial charge in [0.15, 0.2) is 12.4 Å². The fourth-order valence-corrected chi connectivity index (χ4v) is 2.58. The molecule has 0 unspecified atom stereocenters. The van der Waals surface area contributed by atoms with Gasteiger partial charge in [-0.25, -0.2) is 4.39 Å². The summed E-state index contributed by atoms with van der Waals surface area (Å²) < 4.78 is 19.6. The number of nitrogens with zero attached hydrogens (tertiary/aromatic N) is 2. The van der Waals surface area contributed by atoms with Crippen LogP contribution in [0.5, 0.6) is 5.75 Å². The summed E-state index contributed by atoms with van der Waals surface area (Å²) in [4.78, 5) is 37.6. The van der Waals surface area contributed by atoms with Gasteiger partial charge in [-0.3, -0.25) is 14.4 Å². The van der Waals surface area contributed by atoms with Crippen molar-refractivity contribution in [1.82, 2.24) is 4.57 Å². The SMILES string of the molecule is C=CCN1C(=O)COc2ccc(C(=O)Cn3cc(F)ccc3=O)cc21. The number of ether oxygens (including phenoxy) is 1. The summed E-state index contributed by atoms with van der Waals surface area (Å²) >= 11 is 0. The van der Waals surface area contributed by atoms with Crippen LogP contribution in [0.25, 0.3) is 0 Å². The minimum Gasteiger partial charge on any atom is -0.482 e. The Morgan fingerprint density at radius 2 is 2.08 bits per heavy atom. The van der Waals surface area contributed by atoms with Gasteiger partial charge in [0.2, 0.25) is 0 Å². The molecule has 0 aliphatic carbocycles. The number of amides is 1. The molecule has 2 heterocycles. The molecule has 1 aromatic heterocycles. The number of hydrogen-bond donors (Lipinski definition) is 0. The Labute approximate surface area is 142 Å². The number of pyridine rings is 1. The predicted molar refractivity (Wildman–Crippen MR) is 89.5 cm³/mol. The van der Waals surface area contributed by atoms with Crippen molar-refractivity contribution in [3.8, 4) is 5.75 Å². The third-order valence-electron chi connectivity index (χ3n) is 3.80. The number of carbonyl (C=O) groups excluding carboxylic acids is 2. The number of rotatable bonds is 5. The Balaban J connectivity index is 1.92. The smallest absolute Gasteiger partial charge is 0.265 e. The zero-order chi connectivity index (χ0) is 18.0. The summed E-state index contributed by atoms with van der Waals surface area (Å²) in [5.41, 5.74) is 0.287. The van der Waals surface area contributed by atoms with E-state index in [2.05, 4.69) is 6.58 Å². The van der Waals surface area contributed by atoms with Gasteiger partial charge < -0.3 is 14.2 Å². The molecule has 6 nitrogen and oxygen atoms in total. The minimum atomic E-state index is -0.603. The molecule has 25 heavy (non-hydrogen) atoms. The Hall–Kier alpha value is -3.22. The first-order chi connectivity index (χ1) is 12.0. The maximum Gasteiger partial charge on any atom is 0.265 e. The lowest BCUT2D eigenvalue weighted by Crippen LogP contribution is -2.39. The molecule has 1 amide bonds. The van der Waals surface area contributed by atoms with Gasteiger partial charge in [0.05, 0.1) is 12.2 Å². The van der Waals surface area contributed by atoms with E-state index in [1.165, 1.54) is 11.0 Å². The van der Waals surface area contributed by atoms with Crippen molar-refractivity contribution in [3.05, 3.63) is 70.9 Å². The highest BCUT2D eigenvalue weighted by Crippen LogP contribution is 2.33. The number of anilines is 1. The van der Waals surface area contributed by atoms with Gasteiger partial charge in [0.25, 0.3) is 11.5 Å². The molecule has 7 heteroatoms. The minimum absolute atomic E-state index is 0.0766. The van der Waals surface area contributed by atoms with Crippen molar-refractivity contribution in [1.29, 1.82) is 0 Å². The number of carbonyl (C=O) groups is 2. The van der Waals surface area contributed by atoms with Crippen molar-refractivity contribution in [2.75, 3.05) is 18.1 Å². The van der Waals surface area contributed by atoms with Crippen LogP contribution in [0.1, 0.15) is 10.4 Å². The second kappa shape index (κ2) is 6.72. The van der Waals surface area contributed by atoms with E-state index < -0.39 is 11.4 Å². The number of ketones is 1. The highest BCUT2D eigenvalue weighted by molar-refractivity contribution is 6.02. The molecule has 0 saturated carbocycles. The monoisotopic (exact) mass is 342 g/mol. The summed E-state index contributed by atoms with van der Waals surface area (Å²) in [6.07, 6.45) is 2.56. The molecule has 0 saturated heterocycles. The molecular formula is C18H15FN2O4. The summed E-state index contributed by atoms with van der Waals surface area (Å²) in [7, 11) is 0. The maximum absolute atomic E-state index is 13.3. The Morgan fingerprint density at radius 1 is 1.28 bits per heavy atom. The lowest BCUT2D eigenvalue weighted by molar-refractivity contribution is -0.121. The molecule has 3 rings (SSSR count). The number of halogens is 1. The van der Waals surface area contributed by atoms with Crippen molar-refractivity contribution in [2.24, 2.45) is 0 Å². The van der Waals surface area contributed by atoms with E-state index in [9.17, 15) is 18.8 Å². The number of aromatic nitrogens is 1. The van der Waals surface area contributed by atoms with Gasteiger partial charge >= 0.3 is 0 Å². The molecule has 0 spiro atoms. The first-order valence-corrected chi connectivity index (χ1v) is 7.57. The summed E-state index contributed by atoms with van der Waals surface area (Å²) in [5.74, 6) is -0.736. The van der Waals surface area contributed by atoms with Crippen LogP contribution in [0.15, 0.2) is 54.0 Å². The summed E-state index contributed by atoms with van der Waals surface area (Å²) in [6.45, 7) is 3.53. The van der Waals surface area contributed by atoms with Crippen molar-refractivity contribution in [2.45, 2.75) is 6.54 Å². The zero-order valence-electron chi connectivity index (χ0n) is 13.3. The van der Waals surface area contributed by atoms with Crippen LogP contribution in [0.4, 0.5) is 10.1 Å². The summed E-state index contributed by atoms with van der Waals surface area (Å²) in [6, 6.07) is 6.78. The van der Waals surface area contributed by atoms with Gasteiger partial charge in [0, 0.05) is 24.4 Å². The van der Waals surface area contributed by atoms with E-state index in [1.807, 2.05) is 0 Å². The van der Waals surface area contributed by atoms with Gasteiger partial charge in [-0.05, 0) is 24.3 Å². The molecule has 0 radical (unpaired) electrons. The fraction of sp³-hybridized carbons (Fsp3) is 0.167. The zero-order valence-corrected chi connectivity index (χ0v) is 13.3. The second-order valence-electron chi connectivity index (χ2n) is 5.50. The molecule has 0 atom stereocenters. The largest absolute Gasteiger partial charge is 0.482 e. The summed E-state index contributed by atoms with van der Waals surface area (Å²) in [5, 5.41) is 0. The maximum atomic E-state index is 13.3. The fourth-order valence-electron chi connectivity index (χ4n) is 2.58. The van der Waals surface area contributed by atoms with Crippen LogP contribution in [-0.4, -0.2) is 29.4 Å². The van der Waals surface area contributed by atoms with Crippen molar-refractivity contribution >= 4 is 17.4 Å². The Bertz CT molecular complexity index is 920. The standard InChI is InChI=1S/C18H15FN2O4/c1-2-7-21-14-8-12(3-5-16(14)25-11-18(21)24)15(22)10-20-9-13(19)4-6-17(20)23/h2-6,8-9H,1,7,10-11H2. The van der Waals surface area contributed by atoms with Crippen molar-refractivity contribution < 1.29 is 18.7 Å². The van der Waals surface area contributed by atoms with E-state index in [-0.39, 0.29) is 31.4 Å². The van der Waals surface area contributed by atoms with Crippen molar-refractivity contribution in [3.63, 3.8) is 0 Å². The third-order valence-corrected chi connectivity index (χ3v) is 3.80. The highest BCUT2D eigenvalue weighted by Gasteiger charge is 2.25. The van der Waals surface area contributed by atoms with E-state index in [0.717, 1.165) is 22.9 Å². The normalized spacial score (nSPS) is 13.2. The van der Waals surface area contributed by atoms with Gasteiger partial charge in [-0.15, -0.1) is 6.58 Å². The quantitative estimate of drug-likeness (QED) is 0.614. The van der Waals surface area contributed by atoms with Crippen LogP contribution in [0.2, 0.25) is 0 Å². The Kier molecular flexibility index (Phi) is 4.47. The topological polar surface area (TPSA) is 68.6 Å². The molecule has 0 bridgehead atoms. The molecule has 1 aromatic carbocycles. The van der Waals surface area contributed by atoms with Crippen LogP contribution < -0.4 is 15.2 Å². The van der Waals surface area contributed by atoms with Crippen LogP contribution >= 0.6 is 0 Å². The van der Waals surface area contributed by atoms with Crippen LogP contribution in [-0.2, 0) is 11.3 Å². The van der Waals surface area contributed by atoms with Gasteiger partial charge in [0.1, 0.15) is 11.6 Å². The predicted octanol–water partition coefficient (Wildman–Crippen LogP) is 1.78. The molecular weight excluding hydrogens is 327 g/mol. The van der Waals surface area contributed by atoms with E-state index in [1.54, 1.807) is 18.2 Å². The molecule has 0 fully saturated rings. The number of hydrogen-bond acceptors (Lipinski definition) is 4. The number of benzene rings is 1. The molecule has 2 aromatic rings. The third kappa shape index (κ3) is 3.35. The van der Waals surface area contributed by atoms with E-state index in [0.29, 0.717) is 17.0 Å². The average Bonchev–Trinajstić information content (AvgIpc) is 2.60. The molecule has 1 aliphatic heterocycles. The average molecular weight is 342 g/mol. The highest BCUT2D eigenvalue weighted by atomic mass is 19.1. The second-order valence-corrected chi connectivity index (χ2v) is 5.50. The molecule has 0 N–H and O–H groups in total. The first-order valence-electron chi connectivity index (χ1n) is 7.57. The molecule has 1 aliphatic rings. The molecule has 128 valence electrons. The van der Waals surface area contributed by atoms with E-state index in [4.69, 9.17) is 4.74 Å².